The summed E-state index contributed by atoms with van der Waals surface area (Å²) in [6.45, 7) is 7.93. The Bertz CT molecular complexity index is 862. The maximum Gasteiger partial charge on any atom is 0.260 e. The topological polar surface area (TPSA) is 58.9 Å². The minimum absolute atomic E-state index is 0.114. The molecule has 1 atom stereocenters. The summed E-state index contributed by atoms with van der Waals surface area (Å²) in [5.74, 6) is 2.25. The first-order valence-electron chi connectivity index (χ1n) is 6.87. The van der Waals surface area contributed by atoms with Crippen LogP contribution in [0.4, 0.5) is 0 Å². The number of hydrogen-bond acceptors (Lipinski definition) is 5. The van der Waals surface area contributed by atoms with Crippen LogP contribution in [0.5, 0.6) is 0 Å². The Kier molecular flexibility index (Phi) is 4.22. The largest absolute Gasteiger partial charge is 0.464 e. The summed E-state index contributed by atoms with van der Waals surface area (Å²) in [7, 11) is 0. The maximum atomic E-state index is 12.5. The first-order valence-corrected chi connectivity index (χ1v) is 8.80. The molecule has 6 heteroatoms. The van der Waals surface area contributed by atoms with Crippen LogP contribution in [0.15, 0.2) is 45.1 Å². The molecule has 3 aromatic rings. The van der Waals surface area contributed by atoms with Crippen molar-refractivity contribution in [2.75, 3.05) is 5.75 Å². The molecule has 3 heterocycles. The summed E-state index contributed by atoms with van der Waals surface area (Å²) < 4.78 is 5.40. The predicted octanol–water partition coefficient (Wildman–Crippen LogP) is 4.61. The van der Waals surface area contributed by atoms with Crippen LogP contribution in [-0.2, 0) is 0 Å². The van der Waals surface area contributed by atoms with Gasteiger partial charge in [-0.25, -0.2) is 4.98 Å². The molecule has 4 nitrogen and oxygen atoms in total. The SMILES string of the molecule is C=C(C)CS[C@H](C)c1nc2scc(-c3ccco3)c2c(=O)[nH]1. The molecule has 114 valence electrons. The standard InChI is InChI=1S/C16H16N2O2S2/c1-9(2)7-21-10(3)14-17-15(19)13-11(8-22-16(13)18-14)12-5-4-6-20-12/h4-6,8,10H,1,7H2,2-3H3,(H,17,18,19)/t10-/m1/s1. The van der Waals surface area contributed by atoms with E-state index in [1.807, 2.05) is 31.4 Å². The molecule has 0 aliphatic rings. The quantitative estimate of drug-likeness (QED) is 0.693. The Morgan fingerprint density at radius 1 is 1.59 bits per heavy atom. The summed E-state index contributed by atoms with van der Waals surface area (Å²) in [5, 5.41) is 2.63. The number of nitrogens with zero attached hydrogens (tertiary/aromatic N) is 1. The summed E-state index contributed by atoms with van der Waals surface area (Å²) >= 11 is 3.18. The van der Waals surface area contributed by atoms with E-state index < -0.39 is 0 Å². The second-order valence-electron chi connectivity index (χ2n) is 5.17. The molecule has 0 amide bonds. The number of nitrogens with one attached hydrogen (secondary N) is 1. The highest BCUT2D eigenvalue weighted by atomic mass is 32.2. The molecule has 3 rings (SSSR count). The normalized spacial score (nSPS) is 12.6. The third-order valence-electron chi connectivity index (χ3n) is 3.21. The van der Waals surface area contributed by atoms with Gasteiger partial charge in [-0.05, 0) is 26.0 Å². The summed E-state index contributed by atoms with van der Waals surface area (Å²) in [5.41, 5.74) is 1.79. The average Bonchev–Trinajstić information content (AvgIpc) is 3.12. The van der Waals surface area contributed by atoms with Crippen molar-refractivity contribution >= 4 is 33.3 Å². The minimum Gasteiger partial charge on any atom is -0.464 e. The molecule has 0 aliphatic heterocycles. The molecule has 0 radical (unpaired) electrons. The Hall–Kier alpha value is -1.79. The molecule has 22 heavy (non-hydrogen) atoms. The summed E-state index contributed by atoms with van der Waals surface area (Å²) in [4.78, 5) is 20.7. The van der Waals surface area contributed by atoms with E-state index in [0.29, 0.717) is 17.0 Å². The van der Waals surface area contributed by atoms with Crippen LogP contribution in [0.2, 0.25) is 0 Å². The van der Waals surface area contributed by atoms with Gasteiger partial charge in [0.1, 0.15) is 16.4 Å². The number of thiophene rings is 1. The van der Waals surface area contributed by atoms with Crippen molar-refractivity contribution in [3.05, 3.63) is 52.1 Å². The van der Waals surface area contributed by atoms with Crippen molar-refractivity contribution in [1.29, 1.82) is 0 Å². The van der Waals surface area contributed by atoms with Crippen molar-refractivity contribution in [3.8, 4) is 11.3 Å². The van der Waals surface area contributed by atoms with Gasteiger partial charge in [0.05, 0.1) is 16.9 Å². The second kappa shape index (κ2) is 6.14. The van der Waals surface area contributed by atoms with Crippen LogP contribution in [0.1, 0.15) is 24.9 Å². The third-order valence-corrected chi connectivity index (χ3v) is 5.47. The number of fused-ring (bicyclic) bond motifs is 1. The zero-order chi connectivity index (χ0) is 15.7. The summed E-state index contributed by atoms with van der Waals surface area (Å²) in [6, 6.07) is 3.66. The number of aromatic amines is 1. The van der Waals surface area contributed by atoms with Crippen LogP contribution in [-0.4, -0.2) is 15.7 Å². The maximum absolute atomic E-state index is 12.5. The van der Waals surface area contributed by atoms with Crippen molar-refractivity contribution in [1.82, 2.24) is 9.97 Å². The fourth-order valence-electron chi connectivity index (χ4n) is 2.12. The Morgan fingerprint density at radius 3 is 3.09 bits per heavy atom. The van der Waals surface area contributed by atoms with Gasteiger partial charge in [-0.15, -0.1) is 23.1 Å². The van der Waals surface area contributed by atoms with Gasteiger partial charge in [-0.3, -0.25) is 4.79 Å². The van der Waals surface area contributed by atoms with E-state index in [9.17, 15) is 4.79 Å². The van der Waals surface area contributed by atoms with E-state index in [1.54, 1.807) is 18.0 Å². The molecule has 3 aromatic heterocycles. The minimum atomic E-state index is -0.115. The van der Waals surface area contributed by atoms with Crippen molar-refractivity contribution in [3.63, 3.8) is 0 Å². The van der Waals surface area contributed by atoms with Crippen LogP contribution in [0.3, 0.4) is 0 Å². The average molecular weight is 332 g/mol. The molecular formula is C16H16N2O2S2. The van der Waals surface area contributed by atoms with E-state index in [0.717, 1.165) is 21.7 Å². The first kappa shape index (κ1) is 15.1. The van der Waals surface area contributed by atoms with Crippen molar-refractivity contribution < 1.29 is 4.42 Å². The molecule has 0 aliphatic carbocycles. The van der Waals surface area contributed by atoms with Gasteiger partial charge >= 0.3 is 0 Å². The molecule has 0 saturated heterocycles. The fourth-order valence-corrected chi connectivity index (χ4v) is 3.86. The van der Waals surface area contributed by atoms with Gasteiger partial charge < -0.3 is 9.40 Å². The van der Waals surface area contributed by atoms with Gasteiger partial charge in [0.2, 0.25) is 0 Å². The Balaban J connectivity index is 2.00. The smallest absolute Gasteiger partial charge is 0.260 e. The zero-order valence-electron chi connectivity index (χ0n) is 12.4. The fraction of sp³-hybridized carbons (Fsp3) is 0.250. The van der Waals surface area contributed by atoms with Crippen LogP contribution < -0.4 is 5.56 Å². The number of H-pyrrole nitrogens is 1. The number of hydrogen-bond donors (Lipinski definition) is 1. The van der Waals surface area contributed by atoms with Crippen LogP contribution >= 0.6 is 23.1 Å². The number of thioether (sulfide) groups is 1. The van der Waals surface area contributed by atoms with E-state index in [4.69, 9.17) is 4.42 Å². The lowest BCUT2D eigenvalue weighted by Gasteiger charge is -2.10. The summed E-state index contributed by atoms with van der Waals surface area (Å²) in [6.07, 6.45) is 1.60. The lowest BCUT2D eigenvalue weighted by atomic mass is 10.2. The highest BCUT2D eigenvalue weighted by molar-refractivity contribution is 7.99. The second-order valence-corrected chi connectivity index (χ2v) is 7.36. The van der Waals surface area contributed by atoms with Gasteiger partial charge in [0, 0.05) is 16.7 Å². The monoisotopic (exact) mass is 332 g/mol. The van der Waals surface area contributed by atoms with Crippen molar-refractivity contribution in [2.24, 2.45) is 0 Å². The Labute approximate surface area is 136 Å². The molecule has 0 saturated carbocycles. The zero-order valence-corrected chi connectivity index (χ0v) is 14.0. The molecular weight excluding hydrogens is 316 g/mol. The van der Waals surface area contributed by atoms with Crippen LogP contribution in [0, 0.1) is 0 Å². The van der Waals surface area contributed by atoms with Gasteiger partial charge in [-0.2, -0.15) is 0 Å². The van der Waals surface area contributed by atoms with Crippen molar-refractivity contribution in [2.45, 2.75) is 19.1 Å². The van der Waals surface area contributed by atoms with E-state index in [-0.39, 0.29) is 10.8 Å². The van der Waals surface area contributed by atoms with Gasteiger partial charge in [-0.1, -0.05) is 12.2 Å². The lowest BCUT2D eigenvalue weighted by Crippen LogP contribution is -2.12. The molecule has 0 fully saturated rings. The van der Waals surface area contributed by atoms with Crippen LogP contribution in [0.25, 0.3) is 21.5 Å². The van der Waals surface area contributed by atoms with E-state index >= 15 is 0 Å². The number of rotatable bonds is 5. The van der Waals surface area contributed by atoms with E-state index in [1.165, 1.54) is 11.3 Å². The van der Waals surface area contributed by atoms with E-state index in [2.05, 4.69) is 16.5 Å². The van der Waals surface area contributed by atoms with Gasteiger partial charge in [0.25, 0.3) is 5.56 Å². The molecule has 0 spiro atoms. The molecule has 1 N–H and O–H groups in total. The van der Waals surface area contributed by atoms with Gasteiger partial charge in [0.15, 0.2) is 0 Å². The highest BCUT2D eigenvalue weighted by Crippen LogP contribution is 2.33. The lowest BCUT2D eigenvalue weighted by molar-refractivity contribution is 0.583. The first-order chi connectivity index (χ1) is 10.6. The number of furan rings is 1. The molecule has 0 aromatic carbocycles. The third kappa shape index (κ3) is 2.89. The number of aromatic nitrogens is 2. The predicted molar refractivity (Wildman–Crippen MR) is 93.6 cm³/mol. The molecule has 0 unspecified atom stereocenters. The highest BCUT2D eigenvalue weighted by Gasteiger charge is 2.17. The Morgan fingerprint density at radius 2 is 2.41 bits per heavy atom. The molecule has 0 bridgehead atoms.